The van der Waals surface area contributed by atoms with Crippen molar-refractivity contribution in [3.8, 4) is 0 Å². The van der Waals surface area contributed by atoms with Crippen LogP contribution >= 0.6 is 12.4 Å². The summed E-state index contributed by atoms with van der Waals surface area (Å²) < 4.78 is 1.72. The van der Waals surface area contributed by atoms with Crippen LogP contribution in [0.5, 0.6) is 0 Å². The van der Waals surface area contributed by atoms with Gasteiger partial charge in [0.2, 0.25) is 0 Å². The summed E-state index contributed by atoms with van der Waals surface area (Å²) in [6, 6.07) is 7.66. The van der Waals surface area contributed by atoms with Gasteiger partial charge in [-0.1, -0.05) is 18.2 Å². The molecule has 0 aliphatic carbocycles. The molecule has 6 nitrogen and oxygen atoms in total. The molecule has 1 fully saturated rings. The Bertz CT molecular complexity index is 626. The van der Waals surface area contributed by atoms with Gasteiger partial charge in [0.25, 0.3) is 5.91 Å². The van der Waals surface area contributed by atoms with Crippen molar-refractivity contribution in [2.75, 3.05) is 19.6 Å². The highest BCUT2D eigenvalue weighted by atomic mass is 35.5. The van der Waals surface area contributed by atoms with Gasteiger partial charge in [-0.15, -0.1) is 12.4 Å². The van der Waals surface area contributed by atoms with Crippen molar-refractivity contribution >= 4 is 18.3 Å². The Labute approximate surface area is 148 Å². The lowest BCUT2D eigenvalue weighted by Crippen LogP contribution is -2.33. The van der Waals surface area contributed by atoms with Crippen LogP contribution in [-0.2, 0) is 6.54 Å². The maximum absolute atomic E-state index is 12.5. The molecule has 1 atom stereocenters. The average Bonchev–Trinajstić information content (AvgIpc) is 3.09. The largest absolute Gasteiger partial charge is 0.352 e. The third-order valence-corrected chi connectivity index (χ3v) is 4.30. The number of benzene rings is 1. The van der Waals surface area contributed by atoms with Crippen LogP contribution in [-0.4, -0.2) is 40.3 Å². The van der Waals surface area contributed by atoms with E-state index in [4.69, 9.17) is 0 Å². The van der Waals surface area contributed by atoms with E-state index in [1.54, 1.807) is 11.0 Å². The molecule has 0 saturated carbocycles. The highest BCUT2D eigenvalue weighted by Crippen LogP contribution is 2.14. The fourth-order valence-electron chi connectivity index (χ4n) is 3.02. The second kappa shape index (κ2) is 9.39. The molecule has 1 aliphatic rings. The number of nitrogens with zero attached hydrogens (tertiary/aromatic N) is 3. The zero-order valence-electron chi connectivity index (χ0n) is 13.6. The van der Waals surface area contributed by atoms with Crippen molar-refractivity contribution in [2.24, 2.45) is 5.92 Å². The molecule has 2 heterocycles. The van der Waals surface area contributed by atoms with Crippen LogP contribution in [0.2, 0.25) is 0 Å². The minimum Gasteiger partial charge on any atom is -0.352 e. The quantitative estimate of drug-likeness (QED) is 0.835. The Hall–Kier alpha value is -1.92. The van der Waals surface area contributed by atoms with Gasteiger partial charge in [-0.2, -0.15) is 5.10 Å². The highest BCUT2D eigenvalue weighted by molar-refractivity contribution is 5.95. The Morgan fingerprint density at radius 1 is 1.38 bits per heavy atom. The predicted molar refractivity (Wildman–Crippen MR) is 95.4 cm³/mol. The van der Waals surface area contributed by atoms with Crippen molar-refractivity contribution in [1.29, 1.82) is 0 Å². The van der Waals surface area contributed by atoms with Crippen molar-refractivity contribution in [1.82, 2.24) is 25.4 Å². The fraction of sp³-hybridized carbons (Fsp3) is 0.471. The van der Waals surface area contributed by atoms with E-state index in [2.05, 4.69) is 20.7 Å². The Balaban J connectivity index is 0.00000208. The number of amides is 1. The zero-order chi connectivity index (χ0) is 15.9. The van der Waals surface area contributed by atoms with Crippen LogP contribution in [0.3, 0.4) is 0 Å². The monoisotopic (exact) mass is 349 g/mol. The van der Waals surface area contributed by atoms with Crippen molar-refractivity contribution in [3.63, 3.8) is 0 Å². The molecular weight excluding hydrogens is 326 g/mol. The molecule has 1 unspecified atom stereocenters. The lowest BCUT2D eigenvalue weighted by atomic mass is 9.96. The number of piperidine rings is 1. The minimum atomic E-state index is -0.00974. The van der Waals surface area contributed by atoms with Gasteiger partial charge in [0.05, 0.1) is 6.54 Å². The molecule has 7 heteroatoms. The molecule has 1 aromatic heterocycles. The second-order valence-corrected chi connectivity index (χ2v) is 6.01. The maximum Gasteiger partial charge on any atom is 0.251 e. The molecule has 130 valence electrons. The third-order valence-electron chi connectivity index (χ3n) is 4.30. The standard InChI is InChI=1S/C17H23N5O.ClH/c23-17(20-9-7-14-4-3-8-18-10-14)16-6-2-1-5-15(16)11-22-13-19-12-21-22;/h1-2,5-6,12-14,18H,3-4,7-11H2,(H,20,23);1H. The van der Waals surface area contributed by atoms with Crippen molar-refractivity contribution < 1.29 is 4.79 Å². The second-order valence-electron chi connectivity index (χ2n) is 6.01. The molecule has 24 heavy (non-hydrogen) atoms. The first kappa shape index (κ1) is 18.4. The fourth-order valence-corrected chi connectivity index (χ4v) is 3.02. The number of halogens is 1. The van der Waals surface area contributed by atoms with E-state index in [0.29, 0.717) is 18.0 Å². The van der Waals surface area contributed by atoms with E-state index in [-0.39, 0.29) is 18.3 Å². The summed E-state index contributed by atoms with van der Waals surface area (Å²) in [4.78, 5) is 16.4. The molecule has 0 bridgehead atoms. The first-order valence-electron chi connectivity index (χ1n) is 8.22. The van der Waals surface area contributed by atoms with Gasteiger partial charge >= 0.3 is 0 Å². The van der Waals surface area contributed by atoms with E-state index < -0.39 is 0 Å². The molecule has 2 aromatic rings. The highest BCUT2D eigenvalue weighted by Gasteiger charge is 2.14. The minimum absolute atomic E-state index is 0. The molecule has 2 N–H and O–H groups in total. The van der Waals surface area contributed by atoms with Gasteiger partial charge in [0.1, 0.15) is 12.7 Å². The van der Waals surface area contributed by atoms with E-state index in [9.17, 15) is 4.79 Å². The summed E-state index contributed by atoms with van der Waals surface area (Å²) in [5, 5.41) is 10.6. The summed E-state index contributed by atoms with van der Waals surface area (Å²) >= 11 is 0. The molecular formula is C17H24ClN5O. The Morgan fingerprint density at radius 3 is 3.00 bits per heavy atom. The lowest BCUT2D eigenvalue weighted by Gasteiger charge is -2.22. The third kappa shape index (κ3) is 5.04. The lowest BCUT2D eigenvalue weighted by molar-refractivity contribution is 0.0949. The molecule has 0 spiro atoms. The number of carbonyl (C=O) groups is 1. The number of aromatic nitrogens is 3. The van der Waals surface area contributed by atoms with Crippen LogP contribution in [0.4, 0.5) is 0 Å². The van der Waals surface area contributed by atoms with Crippen LogP contribution in [0, 0.1) is 5.92 Å². The number of nitrogens with one attached hydrogen (secondary N) is 2. The Kier molecular flexibility index (Phi) is 7.21. The normalized spacial score (nSPS) is 17.1. The first-order valence-corrected chi connectivity index (χ1v) is 8.22. The topological polar surface area (TPSA) is 71.8 Å². The number of hydrogen-bond donors (Lipinski definition) is 2. The van der Waals surface area contributed by atoms with E-state index in [1.165, 1.54) is 19.2 Å². The summed E-state index contributed by atoms with van der Waals surface area (Å²) in [5.74, 6) is 0.666. The van der Waals surface area contributed by atoms with Gasteiger partial charge in [0.15, 0.2) is 0 Å². The SMILES string of the molecule is Cl.O=C(NCCC1CCCNC1)c1ccccc1Cn1cncn1. The van der Waals surface area contributed by atoms with Gasteiger partial charge in [-0.05, 0) is 49.9 Å². The van der Waals surface area contributed by atoms with Gasteiger partial charge in [0, 0.05) is 12.1 Å². The molecule has 1 aromatic carbocycles. The van der Waals surface area contributed by atoms with Crippen LogP contribution in [0.15, 0.2) is 36.9 Å². The van der Waals surface area contributed by atoms with Crippen LogP contribution < -0.4 is 10.6 Å². The van der Waals surface area contributed by atoms with E-state index in [1.807, 2.05) is 24.3 Å². The molecule has 1 aliphatic heterocycles. The zero-order valence-corrected chi connectivity index (χ0v) is 14.5. The molecule has 1 saturated heterocycles. The number of carbonyl (C=O) groups excluding carboxylic acids is 1. The predicted octanol–water partition coefficient (Wildman–Crippen LogP) is 1.87. The van der Waals surface area contributed by atoms with Crippen LogP contribution in [0.1, 0.15) is 35.2 Å². The van der Waals surface area contributed by atoms with Crippen molar-refractivity contribution in [2.45, 2.75) is 25.8 Å². The maximum atomic E-state index is 12.5. The number of hydrogen-bond acceptors (Lipinski definition) is 4. The summed E-state index contributed by atoms with van der Waals surface area (Å²) in [6.45, 7) is 3.47. The number of rotatable bonds is 6. The summed E-state index contributed by atoms with van der Waals surface area (Å²) in [5.41, 5.74) is 1.67. The van der Waals surface area contributed by atoms with Gasteiger partial charge in [-0.25, -0.2) is 9.67 Å². The van der Waals surface area contributed by atoms with Gasteiger partial charge in [-0.3, -0.25) is 4.79 Å². The smallest absolute Gasteiger partial charge is 0.251 e. The average molecular weight is 350 g/mol. The van der Waals surface area contributed by atoms with E-state index in [0.717, 1.165) is 31.6 Å². The summed E-state index contributed by atoms with van der Waals surface area (Å²) in [6.07, 6.45) is 6.68. The van der Waals surface area contributed by atoms with Crippen LogP contribution in [0.25, 0.3) is 0 Å². The van der Waals surface area contributed by atoms with E-state index >= 15 is 0 Å². The molecule has 3 rings (SSSR count). The first-order chi connectivity index (χ1) is 11.3. The van der Waals surface area contributed by atoms with Crippen molar-refractivity contribution in [3.05, 3.63) is 48.0 Å². The molecule has 1 amide bonds. The Morgan fingerprint density at radius 2 is 2.25 bits per heavy atom. The van der Waals surface area contributed by atoms with Gasteiger partial charge < -0.3 is 10.6 Å². The molecule has 0 radical (unpaired) electrons. The summed E-state index contributed by atoms with van der Waals surface area (Å²) in [7, 11) is 0.